The molecule has 19 heavy (non-hydrogen) atoms. The second-order valence-corrected chi connectivity index (χ2v) is 7.25. The molecule has 0 fully saturated rings. The fraction of sp³-hybridized carbons (Fsp3) is 0.938. The number of hydrogen-bond acceptors (Lipinski definition) is 3. The van der Waals surface area contributed by atoms with Gasteiger partial charge in [0.25, 0.3) is 0 Å². The molecule has 0 saturated carbocycles. The second kappa shape index (κ2) is 10.6. The minimum atomic E-state index is -0.0518. The maximum Gasteiger partial charge on any atom is 0.305 e. The highest BCUT2D eigenvalue weighted by Crippen LogP contribution is 2.22. The van der Waals surface area contributed by atoms with Crippen molar-refractivity contribution in [2.75, 3.05) is 6.61 Å². The summed E-state index contributed by atoms with van der Waals surface area (Å²) in [7, 11) is 0. The lowest BCUT2D eigenvalue weighted by Gasteiger charge is -2.20. The third-order valence-electron chi connectivity index (χ3n) is 3.58. The van der Waals surface area contributed by atoms with E-state index >= 15 is 0 Å². The molecule has 1 unspecified atom stereocenters. The van der Waals surface area contributed by atoms with Crippen molar-refractivity contribution in [2.45, 2.75) is 83.8 Å². The first-order valence-electron chi connectivity index (χ1n) is 7.75. The highest BCUT2D eigenvalue weighted by molar-refractivity contribution is 7.81. The van der Waals surface area contributed by atoms with Crippen molar-refractivity contribution in [1.82, 2.24) is 0 Å². The molecule has 2 nitrogen and oxygen atoms in total. The summed E-state index contributed by atoms with van der Waals surface area (Å²) in [5.41, 5.74) is 0. The van der Waals surface area contributed by atoms with E-state index in [4.69, 9.17) is 4.74 Å². The van der Waals surface area contributed by atoms with Crippen molar-refractivity contribution < 1.29 is 9.53 Å². The molecule has 0 aromatic rings. The third-order valence-corrected chi connectivity index (χ3v) is 4.12. The molecule has 0 aliphatic heterocycles. The van der Waals surface area contributed by atoms with Crippen LogP contribution in [0.15, 0.2) is 0 Å². The summed E-state index contributed by atoms with van der Waals surface area (Å²) in [6, 6.07) is 0. The van der Waals surface area contributed by atoms with Crippen LogP contribution in [0.2, 0.25) is 0 Å². The average Bonchev–Trinajstić information content (AvgIpc) is 2.33. The van der Waals surface area contributed by atoms with E-state index in [1.807, 2.05) is 0 Å². The molecule has 0 aliphatic carbocycles. The molecule has 0 N–H and O–H groups in total. The summed E-state index contributed by atoms with van der Waals surface area (Å²) in [5.74, 6) is 0.739. The maximum absolute atomic E-state index is 11.5. The normalized spacial score (nSPS) is 14.4. The van der Waals surface area contributed by atoms with Gasteiger partial charge in [-0.15, -0.1) is 0 Å². The first-order chi connectivity index (χ1) is 8.87. The Morgan fingerprint density at radius 2 is 1.84 bits per heavy atom. The third kappa shape index (κ3) is 12.6. The van der Waals surface area contributed by atoms with Crippen molar-refractivity contribution in [3.63, 3.8) is 0 Å². The Balaban J connectivity index is 3.40. The average molecular weight is 288 g/mol. The summed E-state index contributed by atoms with van der Waals surface area (Å²) in [6.07, 6.45) is 8.29. The lowest BCUT2D eigenvalue weighted by molar-refractivity contribution is -0.144. The molecule has 0 aromatic heterocycles. The molecule has 3 heteroatoms. The molecule has 0 heterocycles. The first-order valence-corrected chi connectivity index (χ1v) is 8.20. The molecule has 0 aromatic carbocycles. The molecule has 0 aliphatic rings. The van der Waals surface area contributed by atoms with Crippen LogP contribution in [0.5, 0.6) is 0 Å². The molecule has 0 radical (unpaired) electrons. The molecule has 0 spiro atoms. The van der Waals surface area contributed by atoms with Gasteiger partial charge in [-0.05, 0) is 25.2 Å². The van der Waals surface area contributed by atoms with Crippen molar-refractivity contribution >= 4 is 18.6 Å². The van der Waals surface area contributed by atoms with Gasteiger partial charge in [-0.25, -0.2) is 0 Å². The van der Waals surface area contributed by atoms with Gasteiger partial charge in [0.2, 0.25) is 0 Å². The Kier molecular flexibility index (Phi) is 10.5. The van der Waals surface area contributed by atoms with Gasteiger partial charge in [-0.3, -0.25) is 4.79 Å². The molecule has 1 atom stereocenters. The van der Waals surface area contributed by atoms with Gasteiger partial charge in [0.1, 0.15) is 0 Å². The second-order valence-electron chi connectivity index (χ2n) is 6.17. The van der Waals surface area contributed by atoms with Crippen LogP contribution in [0.3, 0.4) is 0 Å². The quantitative estimate of drug-likeness (QED) is 0.328. The van der Waals surface area contributed by atoms with Crippen LogP contribution >= 0.6 is 12.6 Å². The predicted octanol–water partition coefficient (Wildman–Crippen LogP) is 5.01. The predicted molar refractivity (Wildman–Crippen MR) is 85.8 cm³/mol. The Morgan fingerprint density at radius 3 is 2.42 bits per heavy atom. The highest BCUT2D eigenvalue weighted by Gasteiger charge is 2.16. The van der Waals surface area contributed by atoms with Crippen molar-refractivity contribution in [1.29, 1.82) is 0 Å². The fourth-order valence-electron chi connectivity index (χ4n) is 1.81. The van der Waals surface area contributed by atoms with Crippen LogP contribution in [-0.2, 0) is 9.53 Å². The molecule has 0 bridgehead atoms. The van der Waals surface area contributed by atoms with Crippen molar-refractivity contribution in [3.8, 4) is 0 Å². The van der Waals surface area contributed by atoms with E-state index in [0.29, 0.717) is 13.0 Å². The fourth-order valence-corrected chi connectivity index (χ4v) is 1.90. The number of ether oxygens (including phenoxy) is 1. The van der Waals surface area contributed by atoms with Crippen LogP contribution in [0.4, 0.5) is 0 Å². The van der Waals surface area contributed by atoms with E-state index in [1.54, 1.807) is 0 Å². The number of rotatable bonds is 11. The highest BCUT2D eigenvalue weighted by atomic mass is 32.1. The summed E-state index contributed by atoms with van der Waals surface area (Å²) in [6.45, 7) is 9.19. The smallest absolute Gasteiger partial charge is 0.305 e. The Bertz CT molecular complexity index is 237. The number of thiol groups is 1. The largest absolute Gasteiger partial charge is 0.466 e. The molecule has 0 saturated heterocycles. The maximum atomic E-state index is 11.5. The molecule has 0 amide bonds. The van der Waals surface area contributed by atoms with Crippen LogP contribution in [0, 0.1) is 5.92 Å². The van der Waals surface area contributed by atoms with Crippen molar-refractivity contribution in [3.05, 3.63) is 0 Å². The number of unbranched alkanes of at least 4 members (excludes halogenated alkanes) is 3. The van der Waals surface area contributed by atoms with Crippen LogP contribution in [0.25, 0.3) is 0 Å². The summed E-state index contributed by atoms with van der Waals surface area (Å²) >= 11 is 4.52. The van der Waals surface area contributed by atoms with Gasteiger partial charge in [-0.1, -0.05) is 53.4 Å². The molecule has 0 rings (SSSR count). The van der Waals surface area contributed by atoms with Crippen LogP contribution in [-0.4, -0.2) is 17.3 Å². The summed E-state index contributed by atoms with van der Waals surface area (Å²) < 4.78 is 5.22. The number of carbonyl (C=O) groups is 1. The Morgan fingerprint density at radius 1 is 1.21 bits per heavy atom. The lowest BCUT2D eigenvalue weighted by atomic mass is 10.0. The zero-order chi connectivity index (χ0) is 14.7. The minimum absolute atomic E-state index is 0.0167. The summed E-state index contributed by atoms with van der Waals surface area (Å²) in [5, 5.41) is 0. The van der Waals surface area contributed by atoms with E-state index in [0.717, 1.165) is 31.6 Å². The molecule has 114 valence electrons. The van der Waals surface area contributed by atoms with Gasteiger partial charge in [0.05, 0.1) is 6.61 Å². The zero-order valence-electron chi connectivity index (χ0n) is 13.2. The topological polar surface area (TPSA) is 26.3 Å². The van der Waals surface area contributed by atoms with Crippen molar-refractivity contribution in [2.24, 2.45) is 5.92 Å². The standard InChI is InChI=1S/C16H32O2S/c1-5-16(4,19)12-13-18-15(17)11-9-7-6-8-10-14(2)3/h14,19H,5-13H2,1-4H3. The number of carbonyl (C=O) groups excluding carboxylic acids is 1. The van der Waals surface area contributed by atoms with Gasteiger partial charge in [0, 0.05) is 11.2 Å². The molecular formula is C16H32O2S. The summed E-state index contributed by atoms with van der Waals surface area (Å²) in [4.78, 5) is 11.5. The van der Waals surface area contributed by atoms with E-state index in [1.165, 1.54) is 19.3 Å². The van der Waals surface area contributed by atoms with Crippen LogP contribution < -0.4 is 0 Å². The van der Waals surface area contributed by atoms with E-state index in [9.17, 15) is 4.79 Å². The minimum Gasteiger partial charge on any atom is -0.466 e. The SMILES string of the molecule is CCC(C)(S)CCOC(=O)CCCCCCC(C)C. The zero-order valence-corrected chi connectivity index (χ0v) is 14.1. The Hall–Kier alpha value is -0.180. The first kappa shape index (κ1) is 18.8. The lowest BCUT2D eigenvalue weighted by Crippen LogP contribution is -2.19. The Labute approximate surface area is 125 Å². The van der Waals surface area contributed by atoms with Gasteiger partial charge in [-0.2, -0.15) is 12.6 Å². The monoisotopic (exact) mass is 288 g/mol. The van der Waals surface area contributed by atoms with Gasteiger partial charge < -0.3 is 4.74 Å². The van der Waals surface area contributed by atoms with E-state index in [-0.39, 0.29) is 10.7 Å². The van der Waals surface area contributed by atoms with Crippen LogP contribution in [0.1, 0.15) is 79.1 Å². The van der Waals surface area contributed by atoms with E-state index < -0.39 is 0 Å². The number of hydrogen-bond donors (Lipinski definition) is 1. The number of esters is 1. The van der Waals surface area contributed by atoms with Gasteiger partial charge >= 0.3 is 5.97 Å². The van der Waals surface area contributed by atoms with Gasteiger partial charge in [0.15, 0.2) is 0 Å². The van der Waals surface area contributed by atoms with E-state index in [2.05, 4.69) is 40.3 Å². The molecular weight excluding hydrogens is 256 g/mol.